The van der Waals surface area contributed by atoms with Gasteiger partial charge >= 0.3 is 0 Å². The van der Waals surface area contributed by atoms with E-state index >= 15 is 0 Å². The fraction of sp³-hybridized carbons (Fsp3) is 0.188. The predicted octanol–water partition coefficient (Wildman–Crippen LogP) is 1.31. The quantitative estimate of drug-likeness (QED) is 0.862. The molecule has 0 aliphatic heterocycles. The lowest BCUT2D eigenvalue weighted by Gasteiger charge is -2.04. The van der Waals surface area contributed by atoms with Gasteiger partial charge in [0.05, 0.1) is 5.71 Å². The second kappa shape index (κ2) is 5.75. The van der Waals surface area contributed by atoms with Gasteiger partial charge < -0.3 is 4.57 Å². The maximum Gasteiger partial charge on any atom is 0.260 e. The number of aromatic nitrogens is 1. The van der Waals surface area contributed by atoms with E-state index in [4.69, 9.17) is 0 Å². The van der Waals surface area contributed by atoms with Crippen LogP contribution in [0.2, 0.25) is 0 Å². The number of hydrogen-bond donors (Lipinski definition) is 1. The molecular weight excluding hydrogens is 266 g/mol. The number of hydrogen-bond acceptors (Lipinski definition) is 3. The zero-order valence-corrected chi connectivity index (χ0v) is 11.5. The number of carbonyl (C=O) groups is 1. The molecule has 0 unspecified atom stereocenters. The van der Waals surface area contributed by atoms with Crippen LogP contribution < -0.4 is 11.0 Å². The van der Waals surface area contributed by atoms with Gasteiger partial charge in [-0.3, -0.25) is 9.59 Å². The molecule has 0 fully saturated rings. The molecule has 0 saturated heterocycles. The van der Waals surface area contributed by atoms with Crippen LogP contribution in [0.4, 0.5) is 0 Å². The lowest BCUT2D eigenvalue weighted by molar-refractivity contribution is -0.121. The van der Waals surface area contributed by atoms with Crippen molar-refractivity contribution in [3.05, 3.63) is 70.1 Å². The molecule has 21 heavy (non-hydrogen) atoms. The summed E-state index contributed by atoms with van der Waals surface area (Å²) in [6.45, 7) is -0.0297. The van der Waals surface area contributed by atoms with Crippen molar-refractivity contribution in [2.75, 3.05) is 0 Å². The topological polar surface area (TPSA) is 63.5 Å². The number of aryl methyl sites for hydroxylation is 1. The van der Waals surface area contributed by atoms with E-state index in [-0.39, 0.29) is 18.0 Å². The summed E-state index contributed by atoms with van der Waals surface area (Å²) in [6, 6.07) is 12.8. The van der Waals surface area contributed by atoms with E-state index in [0.717, 1.165) is 24.1 Å². The van der Waals surface area contributed by atoms with Crippen LogP contribution in [0.3, 0.4) is 0 Å². The van der Waals surface area contributed by atoms with Crippen molar-refractivity contribution in [3.8, 4) is 0 Å². The maximum atomic E-state index is 11.9. The molecule has 1 aromatic heterocycles. The Labute approximate surface area is 121 Å². The zero-order chi connectivity index (χ0) is 14.7. The summed E-state index contributed by atoms with van der Waals surface area (Å²) in [7, 11) is 0. The van der Waals surface area contributed by atoms with Gasteiger partial charge in [0.2, 0.25) is 0 Å². The van der Waals surface area contributed by atoms with Crippen molar-refractivity contribution in [3.63, 3.8) is 0 Å². The molecule has 1 amide bonds. The van der Waals surface area contributed by atoms with Crippen LogP contribution >= 0.6 is 0 Å². The fourth-order valence-electron chi connectivity index (χ4n) is 2.43. The van der Waals surface area contributed by atoms with Crippen LogP contribution in [0, 0.1) is 0 Å². The fourth-order valence-corrected chi connectivity index (χ4v) is 2.43. The number of nitrogens with one attached hydrogen (secondary N) is 1. The van der Waals surface area contributed by atoms with Crippen LogP contribution in [0.15, 0.2) is 58.6 Å². The molecule has 0 saturated carbocycles. The molecule has 3 rings (SSSR count). The number of amides is 1. The Hall–Kier alpha value is -2.69. The maximum absolute atomic E-state index is 11.9. The summed E-state index contributed by atoms with van der Waals surface area (Å²) < 4.78 is 1.35. The van der Waals surface area contributed by atoms with Crippen molar-refractivity contribution >= 4 is 11.6 Å². The number of fused-ring (bicyclic) bond motifs is 1. The van der Waals surface area contributed by atoms with Gasteiger partial charge in [0, 0.05) is 17.8 Å². The van der Waals surface area contributed by atoms with Crippen LogP contribution in [-0.4, -0.2) is 16.2 Å². The van der Waals surface area contributed by atoms with Crippen LogP contribution in [0.5, 0.6) is 0 Å². The third-order valence-corrected chi connectivity index (χ3v) is 3.49. The molecule has 1 N–H and O–H groups in total. The molecule has 106 valence electrons. The van der Waals surface area contributed by atoms with Crippen molar-refractivity contribution in [2.24, 2.45) is 5.10 Å². The van der Waals surface area contributed by atoms with E-state index in [1.165, 1.54) is 16.2 Å². The van der Waals surface area contributed by atoms with Crippen molar-refractivity contribution in [1.29, 1.82) is 0 Å². The molecule has 1 aromatic carbocycles. The van der Waals surface area contributed by atoms with Gasteiger partial charge in [-0.25, -0.2) is 5.43 Å². The number of hydrazone groups is 1. The number of nitrogens with zero attached hydrogens (tertiary/aromatic N) is 2. The minimum Gasteiger partial charge on any atom is -0.306 e. The Morgan fingerprint density at radius 2 is 1.95 bits per heavy atom. The third-order valence-electron chi connectivity index (χ3n) is 3.49. The third kappa shape index (κ3) is 2.91. The monoisotopic (exact) mass is 281 g/mol. The average Bonchev–Trinajstić information content (AvgIpc) is 2.91. The summed E-state index contributed by atoms with van der Waals surface area (Å²) in [6.07, 6.45) is 3.36. The predicted molar refractivity (Wildman–Crippen MR) is 80.1 cm³/mol. The van der Waals surface area contributed by atoms with Crippen molar-refractivity contribution < 1.29 is 4.79 Å². The highest BCUT2D eigenvalue weighted by molar-refractivity contribution is 6.04. The summed E-state index contributed by atoms with van der Waals surface area (Å²) in [5.74, 6) is -0.305. The summed E-state index contributed by atoms with van der Waals surface area (Å²) >= 11 is 0. The Morgan fingerprint density at radius 1 is 1.14 bits per heavy atom. The van der Waals surface area contributed by atoms with E-state index in [1.807, 2.05) is 18.2 Å². The number of rotatable bonds is 3. The average molecular weight is 281 g/mol. The Morgan fingerprint density at radius 3 is 2.81 bits per heavy atom. The standard InChI is InChI=1S/C16H15N3O2/c20-15(11-19-10-4-3-7-16(19)21)18-17-14-9-8-12-5-1-2-6-13(12)14/h1-7,10H,8-9,11H2,(H,18,20)/b17-14-. The first-order valence-electron chi connectivity index (χ1n) is 6.83. The first-order chi connectivity index (χ1) is 10.2. The highest BCUT2D eigenvalue weighted by Gasteiger charge is 2.17. The summed E-state index contributed by atoms with van der Waals surface area (Å²) in [5, 5.41) is 4.19. The normalized spacial score (nSPS) is 15.0. The molecular formula is C16H15N3O2. The second-order valence-corrected chi connectivity index (χ2v) is 4.92. The number of pyridine rings is 1. The molecule has 0 atom stereocenters. The SMILES string of the molecule is O=C(Cn1ccccc1=O)N/N=C1/CCc2ccccc21. The molecule has 1 aliphatic carbocycles. The summed E-state index contributed by atoms with van der Waals surface area (Å²) in [4.78, 5) is 23.4. The van der Waals surface area contributed by atoms with E-state index in [2.05, 4.69) is 16.6 Å². The van der Waals surface area contributed by atoms with Gasteiger partial charge in [-0.15, -0.1) is 0 Å². The molecule has 0 bridgehead atoms. The summed E-state index contributed by atoms with van der Waals surface area (Å²) in [5.41, 5.74) is 5.56. The number of benzene rings is 1. The Bertz CT molecular complexity index is 762. The van der Waals surface area contributed by atoms with Gasteiger partial charge in [0.1, 0.15) is 6.54 Å². The van der Waals surface area contributed by atoms with Gasteiger partial charge in [-0.2, -0.15) is 5.10 Å². The minimum absolute atomic E-state index is 0.0297. The van der Waals surface area contributed by atoms with Gasteiger partial charge in [-0.1, -0.05) is 30.3 Å². The second-order valence-electron chi connectivity index (χ2n) is 4.92. The van der Waals surface area contributed by atoms with E-state index in [9.17, 15) is 9.59 Å². The minimum atomic E-state index is -0.305. The van der Waals surface area contributed by atoms with Crippen LogP contribution in [0.1, 0.15) is 17.5 Å². The largest absolute Gasteiger partial charge is 0.306 e. The van der Waals surface area contributed by atoms with E-state index < -0.39 is 0 Å². The molecule has 2 aromatic rings. The highest BCUT2D eigenvalue weighted by atomic mass is 16.2. The molecule has 5 heteroatoms. The Kier molecular flexibility index (Phi) is 3.64. The zero-order valence-electron chi connectivity index (χ0n) is 11.5. The van der Waals surface area contributed by atoms with Crippen molar-refractivity contribution in [1.82, 2.24) is 9.99 Å². The first-order valence-corrected chi connectivity index (χ1v) is 6.83. The van der Waals surface area contributed by atoms with E-state index in [1.54, 1.807) is 18.3 Å². The lowest BCUT2D eigenvalue weighted by atomic mass is 10.1. The molecule has 5 nitrogen and oxygen atoms in total. The van der Waals surface area contributed by atoms with Gasteiger partial charge in [0.25, 0.3) is 11.5 Å². The number of carbonyl (C=O) groups excluding carboxylic acids is 1. The molecule has 1 aliphatic rings. The van der Waals surface area contributed by atoms with Crippen LogP contribution in [-0.2, 0) is 17.8 Å². The van der Waals surface area contributed by atoms with Crippen LogP contribution in [0.25, 0.3) is 0 Å². The van der Waals surface area contributed by atoms with Gasteiger partial charge in [0.15, 0.2) is 0 Å². The lowest BCUT2D eigenvalue weighted by Crippen LogP contribution is -2.29. The molecule has 0 spiro atoms. The first kappa shape index (κ1) is 13.3. The van der Waals surface area contributed by atoms with Crippen molar-refractivity contribution in [2.45, 2.75) is 19.4 Å². The Balaban J connectivity index is 1.68. The highest BCUT2D eigenvalue weighted by Crippen LogP contribution is 2.21. The molecule has 1 heterocycles. The molecule has 0 radical (unpaired) electrons. The van der Waals surface area contributed by atoms with Gasteiger partial charge in [-0.05, 0) is 24.5 Å². The van der Waals surface area contributed by atoms with E-state index in [0.29, 0.717) is 0 Å². The smallest absolute Gasteiger partial charge is 0.260 e.